The van der Waals surface area contributed by atoms with Crippen molar-refractivity contribution in [3.8, 4) is 16.9 Å². The van der Waals surface area contributed by atoms with Gasteiger partial charge in [-0.15, -0.1) is 5.53 Å². The summed E-state index contributed by atoms with van der Waals surface area (Å²) in [5.74, 6) is -0.923. The first-order valence-corrected chi connectivity index (χ1v) is 12.4. The molecule has 11 heteroatoms. The quantitative estimate of drug-likeness (QED) is 0.307. The standard InChI is InChI=1S/C26H21BrF2N6O2/c27-17-3-7-19(8-4-17)35-13-20(25(32-35)15-1-5-18(28)6-2-15)26-34(24(36)14-37-26)10-9-16-11-22-23(12-21(16)29)31-33-30-22/h1-8,11-13,26,30-31,33H,9-10,14H2. The van der Waals surface area contributed by atoms with E-state index in [4.69, 9.17) is 9.84 Å². The summed E-state index contributed by atoms with van der Waals surface area (Å²) in [6, 6.07) is 16.8. The van der Waals surface area contributed by atoms with Crippen LogP contribution in [0.3, 0.4) is 0 Å². The van der Waals surface area contributed by atoms with Crippen LogP contribution in [0.5, 0.6) is 0 Å². The Morgan fingerprint density at radius 2 is 1.76 bits per heavy atom. The number of benzene rings is 3. The van der Waals surface area contributed by atoms with E-state index in [1.54, 1.807) is 27.8 Å². The van der Waals surface area contributed by atoms with Crippen molar-refractivity contribution in [1.82, 2.24) is 20.2 Å². The molecule has 0 spiro atoms. The zero-order valence-corrected chi connectivity index (χ0v) is 20.9. The van der Waals surface area contributed by atoms with Gasteiger partial charge in [-0.05, 0) is 66.6 Å². The summed E-state index contributed by atoms with van der Waals surface area (Å²) in [7, 11) is 0. The maximum absolute atomic E-state index is 14.7. The number of ether oxygens (including phenoxy) is 1. The Balaban J connectivity index is 1.34. The average Bonchev–Trinajstić information content (AvgIpc) is 3.62. The fourth-order valence-corrected chi connectivity index (χ4v) is 4.77. The van der Waals surface area contributed by atoms with Gasteiger partial charge in [0.15, 0.2) is 6.23 Å². The number of anilines is 2. The number of rotatable bonds is 6. The SMILES string of the molecule is O=C1COC(c2cn(-c3ccc(Br)cc3)nc2-c2ccc(F)cc2)N1CCc1cc2c(cc1F)NNN2. The van der Waals surface area contributed by atoms with E-state index in [2.05, 4.69) is 32.3 Å². The lowest BCUT2D eigenvalue weighted by atomic mass is 10.1. The van der Waals surface area contributed by atoms with Crippen molar-refractivity contribution < 1.29 is 18.3 Å². The fourth-order valence-electron chi connectivity index (χ4n) is 4.50. The van der Waals surface area contributed by atoms with Gasteiger partial charge in [0, 0.05) is 34.4 Å². The molecule has 2 aliphatic heterocycles. The smallest absolute Gasteiger partial charge is 0.250 e. The maximum atomic E-state index is 14.7. The van der Waals surface area contributed by atoms with E-state index in [0.717, 1.165) is 15.8 Å². The number of nitrogens with one attached hydrogen (secondary N) is 3. The molecule has 1 aromatic heterocycles. The largest absolute Gasteiger partial charge is 0.344 e. The highest BCUT2D eigenvalue weighted by atomic mass is 79.9. The predicted octanol–water partition coefficient (Wildman–Crippen LogP) is 4.94. The molecule has 0 aliphatic carbocycles. The Morgan fingerprint density at radius 3 is 2.51 bits per heavy atom. The van der Waals surface area contributed by atoms with Gasteiger partial charge in [-0.25, -0.2) is 13.5 Å². The van der Waals surface area contributed by atoms with Crippen LogP contribution in [0.15, 0.2) is 71.3 Å². The summed E-state index contributed by atoms with van der Waals surface area (Å²) in [5.41, 5.74) is 13.0. The van der Waals surface area contributed by atoms with E-state index < -0.39 is 6.23 Å². The van der Waals surface area contributed by atoms with Crippen LogP contribution in [0.1, 0.15) is 17.4 Å². The normalized spacial score (nSPS) is 16.6. The number of nitrogens with zero attached hydrogens (tertiary/aromatic N) is 3. The van der Waals surface area contributed by atoms with Crippen molar-refractivity contribution in [2.75, 3.05) is 24.0 Å². The van der Waals surface area contributed by atoms with Gasteiger partial charge in [0.2, 0.25) is 0 Å². The molecule has 4 aromatic rings. The van der Waals surface area contributed by atoms with Crippen LogP contribution >= 0.6 is 15.9 Å². The molecular formula is C26H21BrF2N6O2. The molecule has 1 amide bonds. The van der Waals surface area contributed by atoms with Gasteiger partial charge in [0.1, 0.15) is 23.9 Å². The Labute approximate surface area is 219 Å². The van der Waals surface area contributed by atoms with Gasteiger partial charge in [-0.1, -0.05) is 15.9 Å². The van der Waals surface area contributed by atoms with Crippen molar-refractivity contribution >= 4 is 33.2 Å². The Bertz CT molecular complexity index is 1480. The molecule has 0 bridgehead atoms. The molecule has 0 saturated carbocycles. The zero-order valence-electron chi connectivity index (χ0n) is 19.3. The molecule has 188 valence electrons. The minimum atomic E-state index is -0.726. The van der Waals surface area contributed by atoms with Crippen LogP contribution in [0.2, 0.25) is 0 Å². The molecular weight excluding hydrogens is 546 g/mol. The van der Waals surface area contributed by atoms with Crippen molar-refractivity contribution in [3.05, 3.63) is 94.1 Å². The first-order chi connectivity index (χ1) is 18.0. The zero-order chi connectivity index (χ0) is 25.5. The van der Waals surface area contributed by atoms with Crippen LogP contribution in [-0.4, -0.2) is 33.7 Å². The summed E-state index contributed by atoms with van der Waals surface area (Å²) >= 11 is 3.44. The summed E-state index contributed by atoms with van der Waals surface area (Å²) < 4.78 is 36.9. The molecule has 2 aliphatic rings. The molecule has 8 nitrogen and oxygen atoms in total. The summed E-state index contributed by atoms with van der Waals surface area (Å²) in [4.78, 5) is 14.4. The monoisotopic (exact) mass is 566 g/mol. The van der Waals surface area contributed by atoms with E-state index in [1.165, 1.54) is 18.2 Å². The summed E-state index contributed by atoms with van der Waals surface area (Å²) in [5, 5.41) is 4.76. The molecule has 6 rings (SSSR count). The molecule has 0 radical (unpaired) electrons. The van der Waals surface area contributed by atoms with Crippen LogP contribution in [0.25, 0.3) is 16.9 Å². The fraction of sp³-hybridized carbons (Fsp3) is 0.154. The van der Waals surface area contributed by atoms with Crippen LogP contribution in [-0.2, 0) is 16.0 Å². The van der Waals surface area contributed by atoms with Gasteiger partial charge in [-0.3, -0.25) is 4.79 Å². The van der Waals surface area contributed by atoms with Crippen molar-refractivity contribution in [2.24, 2.45) is 0 Å². The second-order valence-corrected chi connectivity index (χ2v) is 9.64. The topological polar surface area (TPSA) is 83.5 Å². The van der Waals surface area contributed by atoms with E-state index in [1.807, 2.05) is 30.5 Å². The van der Waals surface area contributed by atoms with Gasteiger partial charge >= 0.3 is 0 Å². The van der Waals surface area contributed by atoms with Crippen molar-refractivity contribution in [2.45, 2.75) is 12.6 Å². The molecule has 1 fully saturated rings. The number of hydrogen-bond donors (Lipinski definition) is 3. The molecule has 3 heterocycles. The Morgan fingerprint density at radius 1 is 1.03 bits per heavy atom. The number of hydrazine groups is 2. The Hall–Kier alpha value is -3.80. The first kappa shape index (κ1) is 23.6. The Kier molecular flexibility index (Phi) is 6.11. The third kappa shape index (κ3) is 4.57. The van der Waals surface area contributed by atoms with Gasteiger partial charge in [0.05, 0.1) is 17.1 Å². The number of fused-ring (bicyclic) bond motifs is 1. The molecule has 3 N–H and O–H groups in total. The lowest BCUT2D eigenvalue weighted by molar-refractivity contribution is -0.128. The van der Waals surface area contributed by atoms with Crippen LogP contribution < -0.4 is 16.4 Å². The average molecular weight is 567 g/mol. The number of hydrogen-bond acceptors (Lipinski definition) is 6. The predicted molar refractivity (Wildman–Crippen MR) is 138 cm³/mol. The maximum Gasteiger partial charge on any atom is 0.250 e. The summed E-state index contributed by atoms with van der Waals surface area (Å²) in [6.45, 7) is 0.144. The van der Waals surface area contributed by atoms with Crippen molar-refractivity contribution in [3.63, 3.8) is 0 Å². The van der Waals surface area contributed by atoms with E-state index in [0.29, 0.717) is 34.5 Å². The molecule has 1 saturated heterocycles. The lowest BCUT2D eigenvalue weighted by Gasteiger charge is -2.23. The van der Waals surface area contributed by atoms with E-state index in [-0.39, 0.29) is 30.7 Å². The first-order valence-electron chi connectivity index (χ1n) is 11.6. The molecule has 3 aromatic carbocycles. The lowest BCUT2D eigenvalue weighted by Crippen LogP contribution is -2.31. The minimum Gasteiger partial charge on any atom is -0.344 e. The molecule has 37 heavy (non-hydrogen) atoms. The highest BCUT2D eigenvalue weighted by molar-refractivity contribution is 9.10. The van der Waals surface area contributed by atoms with Gasteiger partial charge in [-0.2, -0.15) is 5.10 Å². The van der Waals surface area contributed by atoms with Crippen LogP contribution in [0.4, 0.5) is 20.2 Å². The van der Waals surface area contributed by atoms with Gasteiger partial charge in [0.25, 0.3) is 5.91 Å². The van der Waals surface area contributed by atoms with E-state index >= 15 is 0 Å². The number of halogens is 3. The third-order valence-corrected chi connectivity index (χ3v) is 6.92. The summed E-state index contributed by atoms with van der Waals surface area (Å²) in [6.07, 6.45) is 1.38. The van der Waals surface area contributed by atoms with E-state index in [9.17, 15) is 13.6 Å². The molecule has 1 unspecified atom stereocenters. The minimum absolute atomic E-state index is 0.0982. The number of amides is 1. The highest BCUT2D eigenvalue weighted by Gasteiger charge is 2.36. The number of aromatic nitrogens is 2. The second-order valence-electron chi connectivity index (χ2n) is 8.73. The van der Waals surface area contributed by atoms with Gasteiger partial charge < -0.3 is 20.5 Å². The molecule has 1 atom stereocenters. The number of carbonyl (C=O) groups excluding carboxylic acids is 1. The number of carbonyl (C=O) groups is 1. The highest BCUT2D eigenvalue weighted by Crippen LogP contribution is 2.36. The third-order valence-electron chi connectivity index (χ3n) is 6.39. The second kappa shape index (κ2) is 9.58. The van der Waals surface area contributed by atoms with Crippen molar-refractivity contribution in [1.29, 1.82) is 0 Å². The van der Waals surface area contributed by atoms with Crippen LogP contribution in [0, 0.1) is 11.6 Å².